The lowest BCUT2D eigenvalue weighted by Crippen LogP contribution is -2.27. The first kappa shape index (κ1) is 7.99. The Hall–Kier alpha value is -0.110. The van der Waals surface area contributed by atoms with Crippen molar-refractivity contribution in [3.05, 3.63) is 0 Å². The first-order chi connectivity index (χ1) is 4.57. The third-order valence-electron chi connectivity index (χ3n) is 2.60. The predicted octanol–water partition coefficient (Wildman–Crippen LogP) is 2.40. The standard InChI is InChI=1S/C8H14OS/c1-6(2)8(3)4-5-9-7(8)10/h6H,4-5H2,1-3H3. The molecule has 0 aromatic carbocycles. The molecule has 1 saturated heterocycles. The summed E-state index contributed by atoms with van der Waals surface area (Å²) in [6.45, 7) is 7.39. The molecule has 0 aliphatic carbocycles. The van der Waals surface area contributed by atoms with Crippen molar-refractivity contribution < 1.29 is 4.74 Å². The Morgan fingerprint density at radius 3 is 2.40 bits per heavy atom. The molecular formula is C8H14OS. The van der Waals surface area contributed by atoms with Crippen LogP contribution in [0.1, 0.15) is 27.2 Å². The monoisotopic (exact) mass is 158 g/mol. The Kier molecular flexibility index (Phi) is 1.99. The molecule has 0 bridgehead atoms. The first-order valence-corrected chi connectivity index (χ1v) is 4.15. The second-order valence-corrected chi connectivity index (χ2v) is 3.83. The van der Waals surface area contributed by atoms with Gasteiger partial charge in [-0.3, -0.25) is 0 Å². The van der Waals surface area contributed by atoms with Crippen molar-refractivity contribution in [2.45, 2.75) is 27.2 Å². The molecule has 0 spiro atoms. The Balaban J connectivity index is 2.75. The molecule has 1 unspecified atom stereocenters. The molecule has 0 saturated carbocycles. The highest BCUT2D eigenvalue weighted by molar-refractivity contribution is 7.80. The van der Waals surface area contributed by atoms with E-state index in [9.17, 15) is 0 Å². The molecule has 2 heteroatoms. The quantitative estimate of drug-likeness (QED) is 0.542. The SMILES string of the molecule is CC(C)C1(C)CCOC1=S. The van der Waals surface area contributed by atoms with Crippen molar-refractivity contribution >= 4 is 17.3 Å². The third-order valence-corrected chi connectivity index (χ3v) is 3.18. The van der Waals surface area contributed by atoms with Crippen LogP contribution in [-0.4, -0.2) is 11.7 Å². The van der Waals surface area contributed by atoms with E-state index >= 15 is 0 Å². The van der Waals surface area contributed by atoms with E-state index in [1.165, 1.54) is 0 Å². The number of ether oxygens (including phenoxy) is 1. The molecule has 0 aromatic heterocycles. The van der Waals surface area contributed by atoms with Gasteiger partial charge in [0.15, 0.2) is 5.05 Å². The zero-order chi connectivity index (χ0) is 7.78. The maximum Gasteiger partial charge on any atom is 0.165 e. The van der Waals surface area contributed by atoms with E-state index in [1.54, 1.807) is 0 Å². The maximum atomic E-state index is 5.26. The average molecular weight is 158 g/mol. The molecule has 0 amide bonds. The minimum atomic E-state index is 0.162. The molecule has 1 aliphatic heterocycles. The molecule has 1 atom stereocenters. The smallest absolute Gasteiger partial charge is 0.165 e. The van der Waals surface area contributed by atoms with Crippen molar-refractivity contribution in [2.24, 2.45) is 11.3 Å². The van der Waals surface area contributed by atoms with E-state index in [4.69, 9.17) is 17.0 Å². The zero-order valence-corrected chi connectivity index (χ0v) is 7.62. The van der Waals surface area contributed by atoms with E-state index in [0.29, 0.717) is 5.92 Å². The van der Waals surface area contributed by atoms with Crippen LogP contribution in [0, 0.1) is 11.3 Å². The van der Waals surface area contributed by atoms with Crippen LogP contribution in [0.5, 0.6) is 0 Å². The largest absolute Gasteiger partial charge is 0.486 e. The minimum Gasteiger partial charge on any atom is -0.486 e. The number of rotatable bonds is 1. The summed E-state index contributed by atoms with van der Waals surface area (Å²) in [4.78, 5) is 0. The normalized spacial score (nSPS) is 33.0. The van der Waals surface area contributed by atoms with Crippen LogP contribution in [0.3, 0.4) is 0 Å². The van der Waals surface area contributed by atoms with Gasteiger partial charge in [-0.15, -0.1) is 0 Å². The Morgan fingerprint density at radius 1 is 1.60 bits per heavy atom. The Labute approximate surface area is 67.8 Å². The molecular weight excluding hydrogens is 144 g/mol. The van der Waals surface area contributed by atoms with Crippen LogP contribution in [0.15, 0.2) is 0 Å². The van der Waals surface area contributed by atoms with Crippen LogP contribution in [-0.2, 0) is 4.74 Å². The van der Waals surface area contributed by atoms with Gasteiger partial charge in [0, 0.05) is 5.41 Å². The fourth-order valence-corrected chi connectivity index (χ4v) is 1.57. The van der Waals surface area contributed by atoms with Crippen molar-refractivity contribution in [2.75, 3.05) is 6.61 Å². The van der Waals surface area contributed by atoms with Gasteiger partial charge in [0.2, 0.25) is 0 Å². The van der Waals surface area contributed by atoms with Crippen molar-refractivity contribution in [3.63, 3.8) is 0 Å². The molecule has 1 aliphatic rings. The minimum absolute atomic E-state index is 0.162. The van der Waals surface area contributed by atoms with Gasteiger partial charge in [0.05, 0.1) is 6.61 Å². The molecule has 1 nitrogen and oxygen atoms in total. The lowest BCUT2D eigenvalue weighted by molar-refractivity contribution is 0.331. The molecule has 10 heavy (non-hydrogen) atoms. The summed E-state index contributed by atoms with van der Waals surface area (Å²) >= 11 is 5.11. The lowest BCUT2D eigenvalue weighted by Gasteiger charge is -2.25. The van der Waals surface area contributed by atoms with Crippen LogP contribution in [0.2, 0.25) is 0 Å². The summed E-state index contributed by atoms with van der Waals surface area (Å²) in [5.74, 6) is 0.600. The molecule has 1 heterocycles. The van der Waals surface area contributed by atoms with E-state index in [-0.39, 0.29) is 5.41 Å². The van der Waals surface area contributed by atoms with Crippen LogP contribution in [0.25, 0.3) is 0 Å². The Bertz CT molecular complexity index is 153. The van der Waals surface area contributed by atoms with Gasteiger partial charge in [-0.2, -0.15) is 0 Å². The fourth-order valence-electron chi connectivity index (χ4n) is 1.15. The van der Waals surface area contributed by atoms with E-state index < -0.39 is 0 Å². The zero-order valence-electron chi connectivity index (χ0n) is 6.81. The summed E-state index contributed by atoms with van der Waals surface area (Å²) in [6.07, 6.45) is 1.09. The lowest BCUT2D eigenvalue weighted by atomic mass is 9.79. The van der Waals surface area contributed by atoms with Crippen LogP contribution >= 0.6 is 12.2 Å². The van der Waals surface area contributed by atoms with Crippen LogP contribution in [0.4, 0.5) is 0 Å². The van der Waals surface area contributed by atoms with Gasteiger partial charge in [-0.1, -0.05) is 20.8 Å². The fraction of sp³-hybridized carbons (Fsp3) is 0.875. The van der Waals surface area contributed by atoms with Gasteiger partial charge in [0.25, 0.3) is 0 Å². The highest BCUT2D eigenvalue weighted by Crippen LogP contribution is 2.37. The van der Waals surface area contributed by atoms with Gasteiger partial charge in [-0.25, -0.2) is 0 Å². The maximum absolute atomic E-state index is 5.26. The summed E-state index contributed by atoms with van der Waals surface area (Å²) < 4.78 is 5.26. The topological polar surface area (TPSA) is 9.23 Å². The summed E-state index contributed by atoms with van der Waals surface area (Å²) in [7, 11) is 0. The predicted molar refractivity (Wildman–Crippen MR) is 46.1 cm³/mol. The van der Waals surface area contributed by atoms with E-state index in [0.717, 1.165) is 18.1 Å². The summed E-state index contributed by atoms with van der Waals surface area (Å²) in [5.41, 5.74) is 0.162. The van der Waals surface area contributed by atoms with Crippen LogP contribution < -0.4 is 0 Å². The second kappa shape index (κ2) is 2.50. The van der Waals surface area contributed by atoms with Crippen molar-refractivity contribution in [1.82, 2.24) is 0 Å². The molecule has 1 fully saturated rings. The number of thiocarbonyl (C=S) groups is 1. The van der Waals surface area contributed by atoms with Crippen molar-refractivity contribution in [1.29, 1.82) is 0 Å². The van der Waals surface area contributed by atoms with Gasteiger partial charge >= 0.3 is 0 Å². The average Bonchev–Trinajstić information content (AvgIpc) is 2.15. The van der Waals surface area contributed by atoms with Gasteiger partial charge in [-0.05, 0) is 24.6 Å². The summed E-state index contributed by atoms with van der Waals surface area (Å²) in [6, 6.07) is 0. The van der Waals surface area contributed by atoms with Gasteiger partial charge in [0.1, 0.15) is 0 Å². The molecule has 1 rings (SSSR count). The second-order valence-electron chi connectivity index (χ2n) is 3.46. The highest BCUT2D eigenvalue weighted by atomic mass is 32.1. The molecule has 0 radical (unpaired) electrons. The number of hydrogen-bond acceptors (Lipinski definition) is 2. The first-order valence-electron chi connectivity index (χ1n) is 3.74. The third kappa shape index (κ3) is 1.05. The highest BCUT2D eigenvalue weighted by Gasteiger charge is 2.38. The molecule has 0 N–H and O–H groups in total. The Morgan fingerprint density at radius 2 is 2.20 bits per heavy atom. The molecule has 0 aromatic rings. The van der Waals surface area contributed by atoms with E-state index in [1.807, 2.05) is 0 Å². The van der Waals surface area contributed by atoms with E-state index in [2.05, 4.69) is 20.8 Å². The summed E-state index contributed by atoms with van der Waals surface area (Å²) in [5, 5.41) is 0.808. The van der Waals surface area contributed by atoms with Crippen molar-refractivity contribution in [3.8, 4) is 0 Å². The van der Waals surface area contributed by atoms with Gasteiger partial charge < -0.3 is 4.74 Å². The molecule has 58 valence electrons. The number of hydrogen-bond donors (Lipinski definition) is 0.